The number of hydrogen-bond donors (Lipinski definition) is 7. The first kappa shape index (κ1) is 38.5. The predicted octanol–water partition coefficient (Wildman–Crippen LogP) is 1.05. The molecule has 0 radical (unpaired) electrons. The van der Waals surface area contributed by atoms with Crippen molar-refractivity contribution in [3.63, 3.8) is 0 Å². The summed E-state index contributed by atoms with van der Waals surface area (Å²) in [6.07, 6.45) is -1.37. The van der Waals surface area contributed by atoms with Crippen LogP contribution >= 0.6 is 0 Å². The fourth-order valence-corrected chi connectivity index (χ4v) is 5.19. The number of nitrogens with zero attached hydrogens (tertiary/aromatic N) is 1. The van der Waals surface area contributed by atoms with E-state index in [0.717, 1.165) is 32.1 Å². The van der Waals surface area contributed by atoms with Crippen LogP contribution in [0, 0.1) is 22.7 Å². The van der Waals surface area contributed by atoms with E-state index in [1.54, 1.807) is 24.3 Å². The zero-order valence-corrected chi connectivity index (χ0v) is 26.4. The first-order valence-corrected chi connectivity index (χ1v) is 15.2. The second kappa shape index (κ2) is 17.9. The van der Waals surface area contributed by atoms with Gasteiger partial charge in [-0.25, -0.2) is 9.59 Å². The van der Waals surface area contributed by atoms with Crippen LogP contribution in [-0.4, -0.2) is 85.3 Å². The van der Waals surface area contributed by atoms with Crippen LogP contribution in [0.4, 0.5) is 13.2 Å². The van der Waals surface area contributed by atoms with Crippen LogP contribution in [0.3, 0.4) is 0 Å². The average Bonchev–Trinajstić information content (AvgIpc) is 3.00. The number of carbonyl (C=O) groups excluding carboxylic acids is 5. The molecule has 0 spiro atoms. The monoisotopic (exact) mass is 668 g/mol. The zero-order chi connectivity index (χ0) is 35.3. The lowest BCUT2D eigenvalue weighted by molar-refractivity contribution is -0.202. The molecule has 9 N–H and O–H groups in total. The van der Waals surface area contributed by atoms with Crippen molar-refractivity contribution in [2.75, 3.05) is 20.6 Å². The second-order valence-electron chi connectivity index (χ2n) is 11.7. The van der Waals surface area contributed by atoms with Gasteiger partial charge >= 0.3 is 18.1 Å². The van der Waals surface area contributed by atoms with Crippen LogP contribution in [0.25, 0.3) is 0 Å². The van der Waals surface area contributed by atoms with Crippen LogP contribution < -0.4 is 27.4 Å². The average molecular weight is 669 g/mol. The van der Waals surface area contributed by atoms with Crippen molar-refractivity contribution in [2.45, 2.75) is 76.0 Å². The van der Waals surface area contributed by atoms with Crippen molar-refractivity contribution >= 4 is 41.5 Å². The third-order valence-electron chi connectivity index (χ3n) is 7.70. The molecule has 1 aromatic rings. The number of hydrogen-bond acceptors (Lipinski definition) is 8. The third kappa shape index (κ3) is 12.9. The van der Waals surface area contributed by atoms with Crippen LogP contribution in [0.5, 0.6) is 0 Å². The maximum absolute atomic E-state index is 13.7. The largest absolute Gasteiger partial charge is 0.491 e. The Kier molecular flexibility index (Phi) is 14.6. The van der Waals surface area contributed by atoms with Gasteiger partial charge in [0.25, 0.3) is 0 Å². The molecule has 0 heterocycles. The Morgan fingerprint density at radius 3 is 2.09 bits per heavy atom. The topological polar surface area (TPSA) is 234 Å². The summed E-state index contributed by atoms with van der Waals surface area (Å²) < 4.78 is 42.4. The summed E-state index contributed by atoms with van der Waals surface area (Å²) in [6.45, 7) is 0.0200. The van der Waals surface area contributed by atoms with Crippen molar-refractivity contribution in [1.82, 2.24) is 20.9 Å². The molecule has 1 aliphatic rings. The fourth-order valence-electron chi connectivity index (χ4n) is 5.19. The standard InChI is InChI=1S/C30H43F3N8O6/c1-41(2)26(44)20(15-18-10-12-19(13-11-18)23(34)35)24(42)40-22(16-17-7-4-3-5-8-17)25(43)39-21(9-6-14-38-29(36)37)27(45)47-28(46)30(31,32)33/h10-13,17,20-22H,3-9,14-16H2,1-2H3,(H3,34,35)(H,39,43)(H,40,42)(H4,36,37,38)/t20?,21-,22-/m0/s1. The van der Waals surface area contributed by atoms with E-state index in [0.29, 0.717) is 11.1 Å². The summed E-state index contributed by atoms with van der Waals surface area (Å²) in [5, 5.41) is 22.2. The van der Waals surface area contributed by atoms with Gasteiger partial charge in [-0.15, -0.1) is 0 Å². The highest BCUT2D eigenvalue weighted by Crippen LogP contribution is 2.28. The highest BCUT2D eigenvalue weighted by molar-refractivity contribution is 6.02. The molecular formula is C30H43F3N8O6. The maximum atomic E-state index is 13.7. The third-order valence-corrected chi connectivity index (χ3v) is 7.70. The smallest absolute Gasteiger partial charge is 0.385 e. The van der Waals surface area contributed by atoms with Crippen molar-refractivity contribution in [3.8, 4) is 0 Å². The van der Waals surface area contributed by atoms with E-state index in [9.17, 15) is 37.1 Å². The van der Waals surface area contributed by atoms with Gasteiger partial charge in [0.1, 0.15) is 23.8 Å². The van der Waals surface area contributed by atoms with Gasteiger partial charge < -0.3 is 37.1 Å². The number of benzene rings is 1. The minimum Gasteiger partial charge on any atom is -0.385 e. The number of amidine groups is 1. The Labute approximate surface area is 270 Å². The van der Waals surface area contributed by atoms with Gasteiger partial charge in [-0.1, -0.05) is 56.4 Å². The van der Waals surface area contributed by atoms with Gasteiger partial charge in [-0.2, -0.15) is 13.2 Å². The molecule has 1 aliphatic carbocycles. The van der Waals surface area contributed by atoms with E-state index in [2.05, 4.69) is 20.7 Å². The first-order valence-electron chi connectivity index (χ1n) is 15.2. The van der Waals surface area contributed by atoms with Gasteiger partial charge in [0.05, 0.1) is 0 Å². The van der Waals surface area contributed by atoms with E-state index in [1.807, 2.05) is 0 Å². The van der Waals surface area contributed by atoms with E-state index in [-0.39, 0.29) is 44.0 Å². The number of rotatable bonds is 15. The highest BCUT2D eigenvalue weighted by atomic mass is 19.4. The summed E-state index contributed by atoms with van der Waals surface area (Å²) in [5.74, 6) is -8.49. The van der Waals surface area contributed by atoms with E-state index in [4.69, 9.17) is 22.3 Å². The van der Waals surface area contributed by atoms with Gasteiger partial charge in [0.2, 0.25) is 17.7 Å². The molecule has 0 aliphatic heterocycles. The van der Waals surface area contributed by atoms with E-state index < -0.39 is 59.8 Å². The van der Waals surface area contributed by atoms with E-state index >= 15 is 0 Å². The molecule has 14 nitrogen and oxygen atoms in total. The van der Waals surface area contributed by atoms with Crippen LogP contribution in [0.1, 0.15) is 62.5 Å². The minimum atomic E-state index is -5.46. The Balaban J connectivity index is 2.34. The lowest BCUT2D eigenvalue weighted by Gasteiger charge is -2.29. The SMILES string of the molecule is CN(C)C(=O)C(Cc1ccc(C(=N)N)cc1)C(=O)N[C@@H](CC1CCCCC1)C(=O)N[C@@H](CCCNC(=N)N)C(=O)OC(=O)C(F)(F)F. The molecule has 0 saturated heterocycles. The van der Waals surface area contributed by atoms with Crippen LogP contribution in [-0.2, 0) is 35.1 Å². The summed E-state index contributed by atoms with van der Waals surface area (Å²) >= 11 is 0. The number of ether oxygens (including phenoxy) is 1. The number of nitrogen functional groups attached to an aromatic ring is 1. The summed E-state index contributed by atoms with van der Waals surface area (Å²) in [7, 11) is 2.93. The van der Waals surface area contributed by atoms with Crippen molar-refractivity contribution in [2.24, 2.45) is 23.3 Å². The Morgan fingerprint density at radius 1 is 0.957 bits per heavy atom. The van der Waals surface area contributed by atoms with Gasteiger partial charge in [-0.05, 0) is 37.2 Å². The van der Waals surface area contributed by atoms with Gasteiger partial charge in [0, 0.05) is 26.2 Å². The molecule has 2 rings (SSSR count). The number of amides is 3. The van der Waals surface area contributed by atoms with Gasteiger partial charge in [0.15, 0.2) is 5.96 Å². The molecule has 1 fully saturated rings. The number of esters is 2. The molecule has 1 aromatic carbocycles. The predicted molar refractivity (Wildman–Crippen MR) is 165 cm³/mol. The molecule has 260 valence electrons. The lowest BCUT2D eigenvalue weighted by Crippen LogP contribution is -2.55. The molecule has 47 heavy (non-hydrogen) atoms. The number of nitrogens with one attached hydrogen (secondary N) is 5. The molecule has 3 amide bonds. The van der Waals surface area contributed by atoms with Crippen molar-refractivity contribution < 1.29 is 41.9 Å². The first-order chi connectivity index (χ1) is 22.0. The number of alkyl halides is 3. The lowest BCUT2D eigenvalue weighted by atomic mass is 9.84. The van der Waals surface area contributed by atoms with Gasteiger partial charge in [-0.3, -0.25) is 25.2 Å². The molecule has 0 bridgehead atoms. The van der Waals surface area contributed by atoms with E-state index in [1.165, 1.54) is 19.0 Å². The minimum absolute atomic E-state index is 0.00102. The quantitative estimate of drug-likeness (QED) is 0.0465. The van der Waals surface area contributed by atoms with Crippen LogP contribution in [0.15, 0.2) is 24.3 Å². The Hall–Kier alpha value is -4.70. The molecule has 1 saturated carbocycles. The molecular weight excluding hydrogens is 625 g/mol. The molecule has 3 atom stereocenters. The van der Waals surface area contributed by atoms with Crippen molar-refractivity contribution in [1.29, 1.82) is 10.8 Å². The molecule has 0 aromatic heterocycles. The highest BCUT2D eigenvalue weighted by Gasteiger charge is 2.44. The fraction of sp³-hybridized carbons (Fsp3) is 0.567. The summed E-state index contributed by atoms with van der Waals surface area (Å²) in [6, 6.07) is 3.37. The Morgan fingerprint density at radius 2 is 1.55 bits per heavy atom. The number of halogens is 3. The maximum Gasteiger partial charge on any atom is 0.491 e. The number of carbonyl (C=O) groups is 5. The second-order valence-corrected chi connectivity index (χ2v) is 11.7. The molecule has 1 unspecified atom stereocenters. The van der Waals surface area contributed by atoms with Crippen LogP contribution in [0.2, 0.25) is 0 Å². The number of guanidine groups is 1. The normalized spacial score (nSPS) is 15.3. The Bertz CT molecular complexity index is 1300. The molecule has 17 heteroatoms. The van der Waals surface area contributed by atoms with Crippen molar-refractivity contribution in [3.05, 3.63) is 35.4 Å². The summed E-state index contributed by atoms with van der Waals surface area (Å²) in [4.78, 5) is 65.7. The zero-order valence-electron chi connectivity index (χ0n) is 26.4. The summed E-state index contributed by atoms with van der Waals surface area (Å²) in [5.41, 5.74) is 11.8. The number of nitrogens with two attached hydrogens (primary N) is 2.